The zero-order valence-electron chi connectivity index (χ0n) is 16.3. The van der Waals surface area contributed by atoms with Crippen molar-refractivity contribution in [2.75, 3.05) is 19.6 Å². The molecule has 1 amide bonds. The number of carbonyl (C=O) groups is 1. The van der Waals surface area contributed by atoms with E-state index in [1.165, 1.54) is 19.3 Å². The molecule has 1 N–H and O–H groups in total. The molecule has 6 heteroatoms. The van der Waals surface area contributed by atoms with Crippen LogP contribution in [0.4, 0.5) is 0 Å². The number of likely N-dealkylation sites (tertiary alicyclic amines) is 1. The number of amides is 1. The number of furan rings is 2. The SMILES string of the molecule is Cc1ccc(C(CNC(=O)c2oc3ccc(Cl)cc3c2C)N2CCCCC2)o1. The maximum absolute atomic E-state index is 12.9. The van der Waals surface area contributed by atoms with Gasteiger partial charge < -0.3 is 14.2 Å². The third-order valence-electron chi connectivity index (χ3n) is 5.48. The molecule has 1 atom stereocenters. The van der Waals surface area contributed by atoms with Crippen LogP contribution in [0.3, 0.4) is 0 Å². The van der Waals surface area contributed by atoms with Gasteiger partial charge in [-0.1, -0.05) is 18.0 Å². The van der Waals surface area contributed by atoms with Crippen LogP contribution in [0.15, 0.2) is 39.2 Å². The number of halogens is 1. The molecule has 1 fully saturated rings. The molecule has 1 unspecified atom stereocenters. The van der Waals surface area contributed by atoms with Gasteiger partial charge in [0.25, 0.3) is 5.91 Å². The Kier molecular flexibility index (Phi) is 5.47. The molecule has 28 heavy (non-hydrogen) atoms. The third kappa shape index (κ3) is 3.82. The summed E-state index contributed by atoms with van der Waals surface area (Å²) in [5.41, 5.74) is 1.47. The van der Waals surface area contributed by atoms with E-state index >= 15 is 0 Å². The molecule has 3 heterocycles. The van der Waals surface area contributed by atoms with Gasteiger partial charge in [0.05, 0.1) is 6.04 Å². The molecule has 0 saturated carbocycles. The van der Waals surface area contributed by atoms with Crippen LogP contribution in [-0.2, 0) is 0 Å². The number of nitrogens with zero attached hydrogens (tertiary/aromatic N) is 1. The molecule has 0 radical (unpaired) electrons. The number of benzene rings is 1. The van der Waals surface area contributed by atoms with Crippen LogP contribution in [-0.4, -0.2) is 30.4 Å². The second kappa shape index (κ2) is 8.02. The van der Waals surface area contributed by atoms with Crippen molar-refractivity contribution in [2.45, 2.75) is 39.2 Å². The van der Waals surface area contributed by atoms with Crippen molar-refractivity contribution in [3.05, 3.63) is 58.2 Å². The van der Waals surface area contributed by atoms with Crippen LogP contribution in [0, 0.1) is 13.8 Å². The molecule has 1 saturated heterocycles. The summed E-state index contributed by atoms with van der Waals surface area (Å²) in [7, 11) is 0. The summed E-state index contributed by atoms with van der Waals surface area (Å²) in [5.74, 6) is 1.90. The summed E-state index contributed by atoms with van der Waals surface area (Å²) in [4.78, 5) is 15.3. The number of hydrogen-bond acceptors (Lipinski definition) is 4. The second-order valence-electron chi connectivity index (χ2n) is 7.47. The van der Waals surface area contributed by atoms with Crippen LogP contribution in [0.25, 0.3) is 11.0 Å². The number of aryl methyl sites for hydroxylation is 2. The van der Waals surface area contributed by atoms with E-state index in [9.17, 15) is 4.79 Å². The molecular formula is C22H25ClN2O3. The number of rotatable bonds is 5. The molecule has 0 aliphatic carbocycles. The number of fused-ring (bicyclic) bond motifs is 1. The van der Waals surface area contributed by atoms with E-state index in [0.29, 0.717) is 22.9 Å². The lowest BCUT2D eigenvalue weighted by molar-refractivity contribution is 0.0888. The summed E-state index contributed by atoms with van der Waals surface area (Å²) in [6, 6.07) is 9.39. The van der Waals surface area contributed by atoms with Gasteiger partial charge in [-0.2, -0.15) is 0 Å². The fourth-order valence-corrected chi connectivity index (χ4v) is 4.12. The summed E-state index contributed by atoms with van der Waals surface area (Å²) >= 11 is 6.08. The fourth-order valence-electron chi connectivity index (χ4n) is 3.95. The van der Waals surface area contributed by atoms with Gasteiger partial charge in [-0.05, 0) is 70.1 Å². The molecule has 0 bridgehead atoms. The van der Waals surface area contributed by atoms with Crippen LogP contribution < -0.4 is 5.32 Å². The zero-order valence-corrected chi connectivity index (χ0v) is 17.0. The molecule has 0 spiro atoms. The first-order chi connectivity index (χ1) is 13.5. The zero-order chi connectivity index (χ0) is 19.7. The van der Waals surface area contributed by atoms with Gasteiger partial charge in [0.1, 0.15) is 17.1 Å². The molecule has 148 valence electrons. The van der Waals surface area contributed by atoms with Crippen molar-refractivity contribution in [3.63, 3.8) is 0 Å². The van der Waals surface area contributed by atoms with E-state index in [2.05, 4.69) is 10.2 Å². The van der Waals surface area contributed by atoms with Gasteiger partial charge in [0.15, 0.2) is 5.76 Å². The van der Waals surface area contributed by atoms with Gasteiger partial charge >= 0.3 is 0 Å². The Morgan fingerprint density at radius 1 is 1.14 bits per heavy atom. The topological polar surface area (TPSA) is 58.6 Å². The standard InChI is InChI=1S/C22H25ClN2O3/c1-14-6-8-20(27-14)18(25-10-4-3-5-11-25)13-24-22(26)21-15(2)17-12-16(23)7-9-19(17)28-21/h6-9,12,18H,3-5,10-11,13H2,1-2H3,(H,24,26). The van der Waals surface area contributed by atoms with Crippen molar-refractivity contribution < 1.29 is 13.6 Å². The minimum atomic E-state index is -0.213. The van der Waals surface area contributed by atoms with Crippen molar-refractivity contribution in [2.24, 2.45) is 0 Å². The first-order valence-corrected chi connectivity index (χ1v) is 10.2. The first kappa shape index (κ1) is 19.1. The molecule has 3 aromatic rings. The monoisotopic (exact) mass is 400 g/mol. The van der Waals surface area contributed by atoms with Gasteiger partial charge in [-0.3, -0.25) is 9.69 Å². The third-order valence-corrected chi connectivity index (χ3v) is 5.72. The Morgan fingerprint density at radius 3 is 2.64 bits per heavy atom. The average molecular weight is 401 g/mol. The van der Waals surface area contributed by atoms with E-state index in [4.69, 9.17) is 20.4 Å². The quantitative estimate of drug-likeness (QED) is 0.635. The Balaban J connectivity index is 1.53. The van der Waals surface area contributed by atoms with Crippen molar-refractivity contribution in [3.8, 4) is 0 Å². The Labute approximate surface area is 169 Å². The lowest BCUT2D eigenvalue weighted by Crippen LogP contribution is -2.40. The molecule has 1 aliphatic rings. The highest BCUT2D eigenvalue weighted by Gasteiger charge is 2.26. The maximum Gasteiger partial charge on any atom is 0.287 e. The van der Waals surface area contributed by atoms with Crippen LogP contribution in [0.1, 0.15) is 52.9 Å². The second-order valence-corrected chi connectivity index (χ2v) is 7.90. The van der Waals surface area contributed by atoms with Crippen LogP contribution in [0.5, 0.6) is 0 Å². The van der Waals surface area contributed by atoms with Gasteiger partial charge in [-0.15, -0.1) is 0 Å². The minimum absolute atomic E-state index is 0.0251. The Hall–Kier alpha value is -2.24. The number of nitrogens with one attached hydrogen (secondary N) is 1. The van der Waals surface area contributed by atoms with E-state index in [1.54, 1.807) is 12.1 Å². The van der Waals surface area contributed by atoms with Crippen molar-refractivity contribution in [1.82, 2.24) is 10.2 Å². The van der Waals surface area contributed by atoms with Crippen LogP contribution in [0.2, 0.25) is 5.02 Å². The average Bonchev–Trinajstić information content (AvgIpc) is 3.26. The number of piperidine rings is 1. The van der Waals surface area contributed by atoms with Gasteiger partial charge in [0, 0.05) is 22.5 Å². The lowest BCUT2D eigenvalue weighted by atomic mass is 10.1. The van der Waals surface area contributed by atoms with E-state index in [0.717, 1.165) is 35.6 Å². The largest absolute Gasteiger partial charge is 0.465 e. The summed E-state index contributed by atoms with van der Waals surface area (Å²) < 4.78 is 11.7. The van der Waals surface area contributed by atoms with Crippen molar-refractivity contribution in [1.29, 1.82) is 0 Å². The van der Waals surface area contributed by atoms with E-state index in [1.807, 2.05) is 32.0 Å². The molecule has 2 aromatic heterocycles. The predicted molar refractivity (Wildman–Crippen MR) is 110 cm³/mol. The first-order valence-electron chi connectivity index (χ1n) is 9.80. The fraction of sp³-hybridized carbons (Fsp3) is 0.409. The predicted octanol–water partition coefficient (Wildman–Crippen LogP) is 5.25. The highest BCUT2D eigenvalue weighted by molar-refractivity contribution is 6.31. The molecule has 1 aliphatic heterocycles. The highest BCUT2D eigenvalue weighted by atomic mass is 35.5. The van der Waals surface area contributed by atoms with Gasteiger partial charge in [0.2, 0.25) is 0 Å². The smallest absolute Gasteiger partial charge is 0.287 e. The van der Waals surface area contributed by atoms with Crippen molar-refractivity contribution >= 4 is 28.5 Å². The Morgan fingerprint density at radius 2 is 1.93 bits per heavy atom. The molecular weight excluding hydrogens is 376 g/mol. The minimum Gasteiger partial charge on any atom is -0.465 e. The summed E-state index contributed by atoms with van der Waals surface area (Å²) in [6.45, 7) is 6.33. The molecule has 1 aromatic carbocycles. The molecule has 5 nitrogen and oxygen atoms in total. The molecule has 4 rings (SSSR count). The maximum atomic E-state index is 12.9. The summed E-state index contributed by atoms with van der Waals surface area (Å²) in [5, 5.41) is 4.55. The van der Waals surface area contributed by atoms with E-state index in [-0.39, 0.29) is 11.9 Å². The normalized spacial score (nSPS) is 16.4. The van der Waals surface area contributed by atoms with E-state index < -0.39 is 0 Å². The summed E-state index contributed by atoms with van der Waals surface area (Å²) in [6.07, 6.45) is 3.61. The Bertz CT molecular complexity index is 985. The van der Waals surface area contributed by atoms with Crippen LogP contribution >= 0.6 is 11.6 Å². The highest BCUT2D eigenvalue weighted by Crippen LogP contribution is 2.29. The number of carbonyl (C=O) groups excluding carboxylic acids is 1. The van der Waals surface area contributed by atoms with Gasteiger partial charge in [-0.25, -0.2) is 0 Å². The lowest BCUT2D eigenvalue weighted by Gasteiger charge is -2.33. The number of hydrogen-bond donors (Lipinski definition) is 1.